The number of ether oxygens (including phenoxy) is 1. The fraction of sp³-hybridized carbons (Fsp3) is 0.692. The van der Waals surface area contributed by atoms with Crippen LogP contribution in [-0.4, -0.2) is 23.1 Å². The van der Waals surface area contributed by atoms with Crippen molar-refractivity contribution in [1.82, 2.24) is 9.97 Å². The quantitative estimate of drug-likeness (QED) is 0.855. The van der Waals surface area contributed by atoms with Crippen LogP contribution in [0.15, 0.2) is 12.4 Å². The highest BCUT2D eigenvalue weighted by molar-refractivity contribution is 5.37. The molecule has 96 valence electrons. The lowest BCUT2D eigenvalue weighted by molar-refractivity contribution is 0.274. The lowest BCUT2D eigenvalue weighted by atomic mass is 9.82. The zero-order valence-corrected chi connectivity index (χ0v) is 11.4. The summed E-state index contributed by atoms with van der Waals surface area (Å²) in [4.78, 5) is 8.21. The van der Waals surface area contributed by atoms with Gasteiger partial charge in [0.15, 0.2) is 0 Å². The van der Waals surface area contributed by atoms with Gasteiger partial charge in [-0.05, 0) is 18.3 Å². The Hall–Kier alpha value is -1.32. The van der Waals surface area contributed by atoms with E-state index in [9.17, 15) is 0 Å². The second kappa shape index (κ2) is 5.84. The third-order valence-corrected chi connectivity index (χ3v) is 3.00. The number of nitrogens with zero attached hydrogens (tertiary/aromatic N) is 2. The monoisotopic (exact) mass is 237 g/mol. The maximum absolute atomic E-state index is 5.33. The molecule has 17 heavy (non-hydrogen) atoms. The molecule has 1 rings (SSSR count). The number of anilines is 1. The van der Waals surface area contributed by atoms with Gasteiger partial charge in [0.05, 0.1) is 6.61 Å². The van der Waals surface area contributed by atoms with Crippen molar-refractivity contribution in [3.63, 3.8) is 0 Å². The molecule has 1 unspecified atom stereocenters. The van der Waals surface area contributed by atoms with Crippen LogP contribution in [0.1, 0.15) is 34.6 Å². The van der Waals surface area contributed by atoms with Crippen LogP contribution in [0.2, 0.25) is 0 Å². The first-order chi connectivity index (χ1) is 7.93. The molecule has 0 spiro atoms. The molecule has 0 amide bonds. The van der Waals surface area contributed by atoms with Crippen molar-refractivity contribution in [3.8, 4) is 5.88 Å². The standard InChI is InChI=1S/C13H23N3O/c1-6-17-12-7-11(15-9-16-12)14-8-10(2)13(3,4)5/h7,9-10H,6,8H2,1-5H3,(H,14,15,16). The Kier molecular flexibility index (Phi) is 4.73. The van der Waals surface area contributed by atoms with Gasteiger partial charge in [-0.3, -0.25) is 0 Å². The van der Waals surface area contributed by atoms with E-state index in [1.807, 2.05) is 13.0 Å². The van der Waals surface area contributed by atoms with Crippen LogP contribution in [0.3, 0.4) is 0 Å². The Morgan fingerprint density at radius 3 is 2.65 bits per heavy atom. The van der Waals surface area contributed by atoms with E-state index in [0.29, 0.717) is 23.8 Å². The van der Waals surface area contributed by atoms with Crippen molar-refractivity contribution in [2.24, 2.45) is 11.3 Å². The van der Waals surface area contributed by atoms with Crippen LogP contribution in [0.4, 0.5) is 5.82 Å². The highest BCUT2D eigenvalue weighted by atomic mass is 16.5. The highest BCUT2D eigenvalue weighted by Crippen LogP contribution is 2.25. The number of nitrogens with one attached hydrogen (secondary N) is 1. The summed E-state index contributed by atoms with van der Waals surface area (Å²) in [6.45, 7) is 12.4. The molecule has 4 nitrogen and oxygen atoms in total. The summed E-state index contributed by atoms with van der Waals surface area (Å²) in [7, 11) is 0. The van der Waals surface area contributed by atoms with Crippen LogP contribution >= 0.6 is 0 Å². The number of hydrogen-bond acceptors (Lipinski definition) is 4. The third-order valence-electron chi connectivity index (χ3n) is 3.00. The first-order valence-corrected chi connectivity index (χ1v) is 6.12. The Labute approximate surface area is 104 Å². The van der Waals surface area contributed by atoms with Gasteiger partial charge >= 0.3 is 0 Å². The molecule has 0 saturated heterocycles. The van der Waals surface area contributed by atoms with Crippen LogP contribution in [0.5, 0.6) is 5.88 Å². The fourth-order valence-electron chi connectivity index (χ4n) is 1.23. The average Bonchev–Trinajstić information content (AvgIpc) is 2.25. The van der Waals surface area contributed by atoms with Crippen molar-refractivity contribution in [2.75, 3.05) is 18.5 Å². The molecule has 0 aliphatic carbocycles. The number of rotatable bonds is 5. The zero-order chi connectivity index (χ0) is 12.9. The molecule has 1 aromatic rings. The fourth-order valence-corrected chi connectivity index (χ4v) is 1.23. The molecule has 1 aromatic heterocycles. The summed E-state index contributed by atoms with van der Waals surface area (Å²) in [6, 6.07) is 1.83. The summed E-state index contributed by atoms with van der Waals surface area (Å²) in [5.74, 6) is 2.00. The predicted octanol–water partition coefficient (Wildman–Crippen LogP) is 2.97. The maximum atomic E-state index is 5.33. The molecule has 0 fully saturated rings. The minimum Gasteiger partial charge on any atom is -0.478 e. The summed E-state index contributed by atoms with van der Waals surface area (Å²) in [6.07, 6.45) is 1.52. The van der Waals surface area contributed by atoms with E-state index >= 15 is 0 Å². The van der Waals surface area contributed by atoms with Gasteiger partial charge in [0, 0.05) is 12.6 Å². The predicted molar refractivity (Wildman–Crippen MR) is 70.3 cm³/mol. The smallest absolute Gasteiger partial charge is 0.218 e. The lowest BCUT2D eigenvalue weighted by Gasteiger charge is -2.27. The summed E-state index contributed by atoms with van der Waals surface area (Å²) >= 11 is 0. The van der Waals surface area contributed by atoms with E-state index in [0.717, 1.165) is 12.4 Å². The molecule has 0 saturated carbocycles. The summed E-state index contributed by atoms with van der Waals surface area (Å²) in [5.41, 5.74) is 0.294. The minimum atomic E-state index is 0.294. The molecule has 0 radical (unpaired) electrons. The van der Waals surface area contributed by atoms with Crippen LogP contribution in [0, 0.1) is 11.3 Å². The Bertz CT molecular complexity index is 347. The van der Waals surface area contributed by atoms with E-state index in [2.05, 4.69) is 43.0 Å². The molecule has 1 atom stereocenters. The van der Waals surface area contributed by atoms with Gasteiger partial charge < -0.3 is 10.1 Å². The van der Waals surface area contributed by atoms with Gasteiger partial charge in [0.1, 0.15) is 12.1 Å². The largest absolute Gasteiger partial charge is 0.478 e. The maximum Gasteiger partial charge on any atom is 0.218 e. The van der Waals surface area contributed by atoms with Crippen molar-refractivity contribution in [2.45, 2.75) is 34.6 Å². The number of hydrogen-bond donors (Lipinski definition) is 1. The molecular weight excluding hydrogens is 214 g/mol. The average molecular weight is 237 g/mol. The van der Waals surface area contributed by atoms with E-state index in [1.54, 1.807) is 0 Å². The normalized spacial score (nSPS) is 13.2. The Morgan fingerprint density at radius 1 is 1.35 bits per heavy atom. The van der Waals surface area contributed by atoms with Gasteiger partial charge in [0.2, 0.25) is 5.88 Å². The highest BCUT2D eigenvalue weighted by Gasteiger charge is 2.19. The third kappa shape index (κ3) is 4.59. The van der Waals surface area contributed by atoms with Crippen LogP contribution in [0.25, 0.3) is 0 Å². The number of aromatic nitrogens is 2. The van der Waals surface area contributed by atoms with Crippen LogP contribution < -0.4 is 10.1 Å². The Balaban J connectivity index is 2.54. The molecule has 0 bridgehead atoms. The van der Waals surface area contributed by atoms with Gasteiger partial charge in [-0.1, -0.05) is 27.7 Å². The molecule has 0 aliphatic rings. The first kappa shape index (κ1) is 13.7. The van der Waals surface area contributed by atoms with Crippen LogP contribution in [-0.2, 0) is 0 Å². The zero-order valence-electron chi connectivity index (χ0n) is 11.4. The van der Waals surface area contributed by atoms with E-state index in [-0.39, 0.29) is 0 Å². The lowest BCUT2D eigenvalue weighted by Crippen LogP contribution is -2.25. The first-order valence-electron chi connectivity index (χ1n) is 6.12. The molecular formula is C13H23N3O. The minimum absolute atomic E-state index is 0.294. The van der Waals surface area contributed by atoms with Crippen molar-refractivity contribution < 1.29 is 4.74 Å². The topological polar surface area (TPSA) is 47.0 Å². The van der Waals surface area contributed by atoms with Crippen molar-refractivity contribution in [1.29, 1.82) is 0 Å². The molecule has 0 aromatic carbocycles. The molecule has 1 N–H and O–H groups in total. The summed E-state index contributed by atoms with van der Waals surface area (Å²) in [5, 5.41) is 3.32. The SMILES string of the molecule is CCOc1cc(NCC(C)C(C)(C)C)ncn1. The van der Waals surface area contributed by atoms with E-state index in [4.69, 9.17) is 4.74 Å². The van der Waals surface area contributed by atoms with E-state index < -0.39 is 0 Å². The second-order valence-electron chi connectivity index (χ2n) is 5.32. The van der Waals surface area contributed by atoms with E-state index in [1.165, 1.54) is 6.33 Å². The van der Waals surface area contributed by atoms with Gasteiger partial charge in [-0.25, -0.2) is 9.97 Å². The van der Waals surface area contributed by atoms with Crippen molar-refractivity contribution >= 4 is 5.82 Å². The van der Waals surface area contributed by atoms with Gasteiger partial charge in [-0.15, -0.1) is 0 Å². The van der Waals surface area contributed by atoms with Gasteiger partial charge in [-0.2, -0.15) is 0 Å². The summed E-state index contributed by atoms with van der Waals surface area (Å²) < 4.78 is 5.33. The van der Waals surface area contributed by atoms with Crippen molar-refractivity contribution in [3.05, 3.63) is 12.4 Å². The molecule has 4 heteroatoms. The second-order valence-corrected chi connectivity index (χ2v) is 5.32. The molecule has 1 heterocycles. The Morgan fingerprint density at radius 2 is 2.06 bits per heavy atom. The van der Waals surface area contributed by atoms with Gasteiger partial charge in [0.25, 0.3) is 0 Å². The molecule has 0 aliphatic heterocycles.